The zero-order valence-electron chi connectivity index (χ0n) is 13.0. The predicted octanol–water partition coefficient (Wildman–Crippen LogP) is 2.41. The summed E-state index contributed by atoms with van der Waals surface area (Å²) >= 11 is 0. The Bertz CT molecular complexity index is 446. The summed E-state index contributed by atoms with van der Waals surface area (Å²) in [7, 11) is 1.99. The van der Waals surface area contributed by atoms with E-state index in [9.17, 15) is 0 Å². The number of hydrogen-bond donors (Lipinski definition) is 0. The molecule has 0 aliphatic carbocycles. The quantitative estimate of drug-likeness (QED) is 0.850. The van der Waals surface area contributed by atoms with Crippen molar-refractivity contribution in [1.29, 1.82) is 0 Å². The minimum absolute atomic E-state index is 0.147. The van der Waals surface area contributed by atoms with Crippen LogP contribution in [0.15, 0.2) is 12.4 Å². The van der Waals surface area contributed by atoms with Gasteiger partial charge >= 0.3 is 0 Å². The maximum absolute atomic E-state index is 6.25. The van der Waals surface area contributed by atoms with E-state index in [1.165, 1.54) is 44.5 Å². The minimum atomic E-state index is 0.147. The molecule has 2 aliphatic rings. The molecule has 4 heteroatoms. The van der Waals surface area contributed by atoms with Gasteiger partial charge in [-0.2, -0.15) is 5.10 Å². The van der Waals surface area contributed by atoms with Crippen molar-refractivity contribution in [3.63, 3.8) is 0 Å². The summed E-state index contributed by atoms with van der Waals surface area (Å²) in [5.41, 5.74) is 1.49. The number of hydrogen-bond acceptors (Lipinski definition) is 3. The van der Waals surface area contributed by atoms with Gasteiger partial charge in [0.05, 0.1) is 18.4 Å². The number of rotatable bonds is 3. The summed E-state index contributed by atoms with van der Waals surface area (Å²) in [6.07, 6.45) is 7.70. The Hall–Kier alpha value is -0.870. The third-order valence-electron chi connectivity index (χ3n) is 4.80. The van der Waals surface area contributed by atoms with Gasteiger partial charge in [-0.15, -0.1) is 0 Å². The van der Waals surface area contributed by atoms with Crippen LogP contribution in [0, 0.1) is 5.92 Å². The fraction of sp³-hybridized carbons (Fsp3) is 0.812. The second-order valence-corrected chi connectivity index (χ2v) is 7.04. The number of piperidine rings is 1. The molecule has 1 atom stereocenters. The van der Waals surface area contributed by atoms with Crippen LogP contribution in [0.4, 0.5) is 0 Å². The van der Waals surface area contributed by atoms with Gasteiger partial charge in [0.25, 0.3) is 0 Å². The normalized spacial score (nSPS) is 26.7. The number of nitrogens with zero attached hydrogens (tertiary/aromatic N) is 3. The zero-order valence-corrected chi connectivity index (χ0v) is 13.0. The van der Waals surface area contributed by atoms with Crippen molar-refractivity contribution in [2.24, 2.45) is 13.0 Å². The summed E-state index contributed by atoms with van der Waals surface area (Å²) in [5, 5.41) is 4.29. The maximum atomic E-state index is 6.25. The summed E-state index contributed by atoms with van der Waals surface area (Å²) in [5.74, 6) is 1.30. The van der Waals surface area contributed by atoms with Crippen LogP contribution in [0.25, 0.3) is 0 Å². The molecule has 3 heterocycles. The first kappa shape index (κ1) is 14.1. The fourth-order valence-electron chi connectivity index (χ4n) is 3.72. The topological polar surface area (TPSA) is 30.3 Å². The van der Waals surface area contributed by atoms with Crippen molar-refractivity contribution >= 4 is 0 Å². The Morgan fingerprint density at radius 3 is 2.75 bits per heavy atom. The summed E-state index contributed by atoms with van der Waals surface area (Å²) in [4.78, 5) is 2.59. The molecule has 1 spiro atoms. The third-order valence-corrected chi connectivity index (χ3v) is 4.80. The molecule has 0 bridgehead atoms. The Morgan fingerprint density at radius 1 is 1.40 bits per heavy atom. The molecule has 0 unspecified atom stereocenters. The van der Waals surface area contributed by atoms with Crippen LogP contribution in [0.5, 0.6) is 0 Å². The van der Waals surface area contributed by atoms with Crippen LogP contribution < -0.4 is 0 Å². The van der Waals surface area contributed by atoms with E-state index in [1.54, 1.807) is 0 Å². The standard InChI is InChI=1S/C16H27N3O/c1-13(2)10-19-6-4-16(5-7-19)8-14(12-20-16)15-9-17-18(3)11-15/h9,11,13-14H,4-8,10,12H2,1-3H3/t14-/m1/s1. The molecule has 0 radical (unpaired) electrons. The van der Waals surface area contributed by atoms with Gasteiger partial charge in [-0.1, -0.05) is 13.8 Å². The van der Waals surface area contributed by atoms with Crippen molar-refractivity contribution in [3.8, 4) is 0 Å². The Labute approximate surface area is 122 Å². The molecule has 0 N–H and O–H groups in total. The van der Waals surface area contributed by atoms with E-state index in [-0.39, 0.29) is 5.60 Å². The van der Waals surface area contributed by atoms with E-state index in [1.807, 2.05) is 17.9 Å². The minimum Gasteiger partial charge on any atom is -0.374 e. The molecule has 20 heavy (non-hydrogen) atoms. The Kier molecular flexibility index (Phi) is 3.87. The average Bonchev–Trinajstić information content (AvgIpc) is 2.99. The van der Waals surface area contributed by atoms with Gasteiger partial charge in [0, 0.05) is 38.8 Å². The number of aromatic nitrogens is 2. The summed E-state index contributed by atoms with van der Waals surface area (Å²) in [6.45, 7) is 9.08. The average molecular weight is 277 g/mol. The molecular formula is C16H27N3O. The van der Waals surface area contributed by atoms with E-state index in [4.69, 9.17) is 4.74 Å². The summed E-state index contributed by atoms with van der Waals surface area (Å²) in [6, 6.07) is 0. The highest BCUT2D eigenvalue weighted by Gasteiger charge is 2.43. The maximum Gasteiger partial charge on any atom is 0.0713 e. The van der Waals surface area contributed by atoms with E-state index < -0.39 is 0 Å². The van der Waals surface area contributed by atoms with Crippen molar-refractivity contribution in [3.05, 3.63) is 18.0 Å². The second-order valence-electron chi connectivity index (χ2n) is 7.04. The van der Waals surface area contributed by atoms with Crippen LogP contribution in [0.1, 0.15) is 44.6 Å². The smallest absolute Gasteiger partial charge is 0.0713 e. The highest BCUT2D eigenvalue weighted by Crippen LogP contribution is 2.42. The molecule has 0 aromatic carbocycles. The fourth-order valence-corrected chi connectivity index (χ4v) is 3.72. The van der Waals surface area contributed by atoms with E-state index in [0.29, 0.717) is 5.92 Å². The SMILES string of the molecule is CC(C)CN1CCC2(CC1)C[C@@H](c1cnn(C)c1)CO2. The van der Waals surface area contributed by atoms with Crippen LogP contribution in [0.3, 0.4) is 0 Å². The van der Waals surface area contributed by atoms with Gasteiger partial charge in [-0.3, -0.25) is 4.68 Å². The van der Waals surface area contributed by atoms with Crippen LogP contribution in [-0.2, 0) is 11.8 Å². The van der Waals surface area contributed by atoms with E-state index >= 15 is 0 Å². The molecule has 2 saturated heterocycles. The van der Waals surface area contributed by atoms with Crippen molar-refractivity contribution in [2.45, 2.75) is 44.6 Å². The molecule has 1 aromatic rings. The van der Waals surface area contributed by atoms with Gasteiger partial charge in [0.2, 0.25) is 0 Å². The molecular weight excluding hydrogens is 250 g/mol. The third kappa shape index (κ3) is 2.91. The first-order valence-electron chi connectivity index (χ1n) is 7.91. The number of likely N-dealkylation sites (tertiary alicyclic amines) is 1. The zero-order chi connectivity index (χ0) is 14.2. The predicted molar refractivity (Wildman–Crippen MR) is 79.8 cm³/mol. The molecule has 1 aromatic heterocycles. The van der Waals surface area contributed by atoms with Crippen molar-refractivity contribution in [1.82, 2.24) is 14.7 Å². The van der Waals surface area contributed by atoms with Gasteiger partial charge in [0.15, 0.2) is 0 Å². The van der Waals surface area contributed by atoms with E-state index in [0.717, 1.165) is 12.5 Å². The second kappa shape index (κ2) is 5.49. The Morgan fingerprint density at radius 2 is 2.15 bits per heavy atom. The molecule has 2 aliphatic heterocycles. The molecule has 4 nitrogen and oxygen atoms in total. The molecule has 112 valence electrons. The number of ether oxygens (including phenoxy) is 1. The van der Waals surface area contributed by atoms with Gasteiger partial charge in [-0.05, 0) is 30.7 Å². The molecule has 2 fully saturated rings. The van der Waals surface area contributed by atoms with Gasteiger partial charge in [0.1, 0.15) is 0 Å². The highest BCUT2D eigenvalue weighted by atomic mass is 16.5. The van der Waals surface area contributed by atoms with E-state index in [2.05, 4.69) is 30.0 Å². The summed E-state index contributed by atoms with van der Waals surface area (Å²) < 4.78 is 8.14. The lowest BCUT2D eigenvalue weighted by atomic mass is 9.83. The van der Waals surface area contributed by atoms with Crippen molar-refractivity contribution < 1.29 is 4.74 Å². The van der Waals surface area contributed by atoms with Gasteiger partial charge < -0.3 is 9.64 Å². The molecule has 0 saturated carbocycles. The largest absolute Gasteiger partial charge is 0.374 e. The number of aryl methyl sites for hydroxylation is 1. The Balaban J connectivity index is 1.57. The first-order valence-corrected chi connectivity index (χ1v) is 7.91. The van der Waals surface area contributed by atoms with Crippen LogP contribution in [0.2, 0.25) is 0 Å². The highest BCUT2D eigenvalue weighted by molar-refractivity contribution is 5.15. The lowest BCUT2D eigenvalue weighted by molar-refractivity contribution is -0.0449. The van der Waals surface area contributed by atoms with Gasteiger partial charge in [-0.25, -0.2) is 0 Å². The first-order chi connectivity index (χ1) is 9.56. The lowest BCUT2D eigenvalue weighted by Crippen LogP contribution is -2.45. The molecule has 3 rings (SSSR count). The van der Waals surface area contributed by atoms with Crippen LogP contribution in [-0.4, -0.2) is 46.5 Å². The molecule has 0 amide bonds. The monoisotopic (exact) mass is 277 g/mol. The van der Waals surface area contributed by atoms with Crippen molar-refractivity contribution in [2.75, 3.05) is 26.2 Å². The lowest BCUT2D eigenvalue weighted by Gasteiger charge is -2.39. The van der Waals surface area contributed by atoms with Crippen LogP contribution >= 0.6 is 0 Å².